The molecule has 1 amide bonds. The summed E-state index contributed by atoms with van der Waals surface area (Å²) in [4.78, 5) is 28.2. The van der Waals surface area contributed by atoms with Crippen LogP contribution in [0.1, 0.15) is 21.5 Å². The molecule has 0 aliphatic rings. The minimum Gasteiger partial charge on any atom is -0.331 e. The quantitative estimate of drug-likeness (QED) is 0.217. The fourth-order valence-electron chi connectivity index (χ4n) is 3.61. The monoisotopic (exact) mass is 471 g/mol. The molecule has 170 valence electrons. The minimum atomic E-state index is -0.480. The van der Waals surface area contributed by atoms with Gasteiger partial charge in [0.1, 0.15) is 0 Å². The molecule has 0 bridgehead atoms. The summed E-state index contributed by atoms with van der Waals surface area (Å²) in [6, 6.07) is 21.1. The van der Waals surface area contributed by atoms with Gasteiger partial charge in [0.15, 0.2) is 5.11 Å². The lowest BCUT2D eigenvalue weighted by Crippen LogP contribution is -2.43. The molecule has 0 spiro atoms. The Labute approximate surface area is 201 Å². The van der Waals surface area contributed by atoms with Gasteiger partial charge in [-0.05, 0) is 55.9 Å². The van der Waals surface area contributed by atoms with E-state index in [0.29, 0.717) is 27.8 Å². The maximum atomic E-state index is 13.1. The Bertz CT molecular complexity index is 1420. The van der Waals surface area contributed by atoms with Crippen molar-refractivity contribution in [3.63, 3.8) is 0 Å². The summed E-state index contributed by atoms with van der Waals surface area (Å²) in [5, 5.41) is 14.5. The van der Waals surface area contributed by atoms with Gasteiger partial charge in [-0.3, -0.25) is 25.8 Å². The smallest absolute Gasteiger partial charge is 0.270 e. The number of non-ortho nitro benzene ring substituents is 1. The number of aryl methyl sites for hydroxylation is 2. The van der Waals surface area contributed by atoms with E-state index in [0.717, 1.165) is 16.7 Å². The van der Waals surface area contributed by atoms with Gasteiger partial charge in [-0.15, -0.1) is 0 Å². The summed E-state index contributed by atoms with van der Waals surface area (Å²) < 4.78 is 0. The number of hydrogen-bond donors (Lipinski definition) is 3. The first kappa shape index (κ1) is 22.8. The molecule has 0 unspecified atom stereocenters. The van der Waals surface area contributed by atoms with Crippen molar-refractivity contribution < 1.29 is 9.72 Å². The highest BCUT2D eigenvalue weighted by Crippen LogP contribution is 2.27. The molecule has 4 rings (SSSR count). The lowest BCUT2D eigenvalue weighted by Gasteiger charge is -2.14. The summed E-state index contributed by atoms with van der Waals surface area (Å²) in [6.45, 7) is 4.05. The number of benzene rings is 3. The highest BCUT2D eigenvalue weighted by molar-refractivity contribution is 7.80. The van der Waals surface area contributed by atoms with Crippen molar-refractivity contribution in [2.24, 2.45) is 0 Å². The van der Waals surface area contributed by atoms with Crippen LogP contribution in [0.2, 0.25) is 0 Å². The Morgan fingerprint density at radius 2 is 1.71 bits per heavy atom. The second-order valence-corrected chi connectivity index (χ2v) is 8.14. The molecule has 1 aromatic heterocycles. The van der Waals surface area contributed by atoms with E-state index in [2.05, 4.69) is 22.2 Å². The second-order valence-electron chi connectivity index (χ2n) is 7.73. The standard InChI is InChI=1S/C25H21N5O3S/c1-15-7-12-19(16(2)13-15)23-14-21(20-5-3-4-6-22(20)27-23)24(31)28-29-25(34)26-17-8-10-18(11-9-17)30(32)33/h3-14H,1-2H3,(H,28,31)(H2,26,29,34). The Hall–Kier alpha value is -4.37. The van der Waals surface area contributed by atoms with E-state index in [1.54, 1.807) is 6.07 Å². The van der Waals surface area contributed by atoms with Gasteiger partial charge in [0.25, 0.3) is 11.6 Å². The maximum absolute atomic E-state index is 13.1. The normalized spacial score (nSPS) is 10.5. The van der Waals surface area contributed by atoms with Crippen LogP contribution < -0.4 is 16.2 Å². The number of nitrogens with one attached hydrogen (secondary N) is 3. The average molecular weight is 472 g/mol. The molecule has 3 aromatic carbocycles. The zero-order valence-corrected chi connectivity index (χ0v) is 19.3. The number of nitro groups is 1. The molecule has 0 aliphatic carbocycles. The van der Waals surface area contributed by atoms with E-state index in [1.165, 1.54) is 24.3 Å². The van der Waals surface area contributed by atoms with Crippen LogP contribution in [-0.2, 0) is 0 Å². The maximum Gasteiger partial charge on any atom is 0.270 e. The average Bonchev–Trinajstić information content (AvgIpc) is 2.82. The van der Waals surface area contributed by atoms with Crippen molar-refractivity contribution in [3.8, 4) is 11.3 Å². The number of fused-ring (bicyclic) bond motifs is 1. The lowest BCUT2D eigenvalue weighted by atomic mass is 9.99. The van der Waals surface area contributed by atoms with Gasteiger partial charge in [-0.25, -0.2) is 4.98 Å². The third-order valence-electron chi connectivity index (χ3n) is 5.24. The minimum absolute atomic E-state index is 0.0260. The van der Waals surface area contributed by atoms with E-state index in [9.17, 15) is 14.9 Å². The SMILES string of the molecule is Cc1ccc(-c2cc(C(=O)NNC(=S)Nc3ccc([N+](=O)[O-])cc3)c3ccccc3n2)c(C)c1. The van der Waals surface area contributed by atoms with Crippen molar-refractivity contribution in [2.75, 3.05) is 5.32 Å². The number of amides is 1. The summed E-state index contributed by atoms with van der Waals surface area (Å²) in [7, 11) is 0. The third kappa shape index (κ3) is 5.00. The molecule has 0 fully saturated rings. The third-order valence-corrected chi connectivity index (χ3v) is 5.45. The highest BCUT2D eigenvalue weighted by atomic mass is 32.1. The zero-order chi connectivity index (χ0) is 24.2. The molecule has 4 aromatic rings. The van der Waals surface area contributed by atoms with Crippen LogP contribution in [0.25, 0.3) is 22.2 Å². The number of nitrogens with zero attached hydrogens (tertiary/aromatic N) is 2. The van der Waals surface area contributed by atoms with Crippen molar-refractivity contribution >= 4 is 45.5 Å². The van der Waals surface area contributed by atoms with Crippen LogP contribution >= 0.6 is 12.2 Å². The van der Waals surface area contributed by atoms with Crippen LogP contribution in [0.15, 0.2) is 72.8 Å². The Morgan fingerprint density at radius 3 is 2.41 bits per heavy atom. The summed E-state index contributed by atoms with van der Waals surface area (Å²) >= 11 is 5.23. The molecule has 0 atom stereocenters. The molecule has 3 N–H and O–H groups in total. The van der Waals surface area contributed by atoms with Crippen molar-refractivity contribution in [2.45, 2.75) is 13.8 Å². The number of rotatable bonds is 4. The van der Waals surface area contributed by atoms with Crippen molar-refractivity contribution in [1.29, 1.82) is 0 Å². The number of nitro benzene ring substituents is 1. The number of carbonyl (C=O) groups excluding carboxylic acids is 1. The first-order valence-electron chi connectivity index (χ1n) is 10.4. The summed E-state index contributed by atoms with van der Waals surface area (Å²) in [6.07, 6.45) is 0. The fraction of sp³-hybridized carbons (Fsp3) is 0.0800. The van der Waals surface area contributed by atoms with Crippen LogP contribution in [0, 0.1) is 24.0 Å². The molecule has 0 radical (unpaired) electrons. The number of pyridine rings is 1. The van der Waals surface area contributed by atoms with Crippen LogP contribution in [0.4, 0.5) is 11.4 Å². The molecule has 0 saturated heterocycles. The molecular formula is C25H21N5O3S. The first-order chi connectivity index (χ1) is 16.3. The van der Waals surface area contributed by atoms with Crippen molar-refractivity contribution in [1.82, 2.24) is 15.8 Å². The first-order valence-corrected chi connectivity index (χ1v) is 10.8. The van der Waals surface area contributed by atoms with Gasteiger partial charge in [0.2, 0.25) is 0 Å². The topological polar surface area (TPSA) is 109 Å². The Kier molecular flexibility index (Phi) is 6.46. The zero-order valence-electron chi connectivity index (χ0n) is 18.5. The number of thiocarbonyl (C=S) groups is 1. The molecular weight excluding hydrogens is 450 g/mol. The van der Waals surface area contributed by atoms with Gasteiger partial charge in [0.05, 0.1) is 21.7 Å². The molecule has 8 nitrogen and oxygen atoms in total. The van der Waals surface area contributed by atoms with E-state index in [1.807, 2.05) is 50.2 Å². The predicted octanol–water partition coefficient (Wildman–Crippen LogP) is 5.06. The largest absolute Gasteiger partial charge is 0.331 e. The predicted molar refractivity (Wildman–Crippen MR) is 137 cm³/mol. The van der Waals surface area contributed by atoms with E-state index < -0.39 is 4.92 Å². The summed E-state index contributed by atoms with van der Waals surface area (Å²) in [5.41, 5.74) is 10.8. The summed E-state index contributed by atoms with van der Waals surface area (Å²) in [5.74, 6) is -0.377. The number of hydrogen-bond acceptors (Lipinski definition) is 5. The second kappa shape index (κ2) is 9.63. The molecule has 34 heavy (non-hydrogen) atoms. The Balaban J connectivity index is 1.54. The molecule has 0 aliphatic heterocycles. The van der Waals surface area contributed by atoms with Crippen molar-refractivity contribution in [3.05, 3.63) is 99.6 Å². The van der Waals surface area contributed by atoms with Crippen LogP contribution in [0.3, 0.4) is 0 Å². The highest BCUT2D eigenvalue weighted by Gasteiger charge is 2.15. The number of anilines is 1. The van der Waals surface area contributed by atoms with Gasteiger partial charge in [0, 0.05) is 28.8 Å². The fourth-order valence-corrected chi connectivity index (χ4v) is 3.78. The lowest BCUT2D eigenvalue weighted by molar-refractivity contribution is -0.384. The number of hydrazine groups is 1. The number of carbonyl (C=O) groups is 1. The number of para-hydroxylation sites is 1. The van der Waals surface area contributed by atoms with E-state index in [-0.39, 0.29) is 16.7 Å². The van der Waals surface area contributed by atoms with Gasteiger partial charge in [-0.1, -0.05) is 42.0 Å². The van der Waals surface area contributed by atoms with E-state index >= 15 is 0 Å². The number of aromatic nitrogens is 1. The van der Waals surface area contributed by atoms with Crippen LogP contribution in [-0.4, -0.2) is 20.9 Å². The van der Waals surface area contributed by atoms with Gasteiger partial charge >= 0.3 is 0 Å². The van der Waals surface area contributed by atoms with E-state index in [4.69, 9.17) is 17.2 Å². The Morgan fingerprint density at radius 1 is 0.971 bits per heavy atom. The van der Waals surface area contributed by atoms with Gasteiger partial charge in [-0.2, -0.15) is 0 Å². The molecule has 1 heterocycles. The van der Waals surface area contributed by atoms with Gasteiger partial charge < -0.3 is 5.32 Å². The van der Waals surface area contributed by atoms with Crippen LogP contribution in [0.5, 0.6) is 0 Å². The molecule has 9 heteroatoms. The molecule has 0 saturated carbocycles.